The van der Waals surface area contributed by atoms with Crippen LogP contribution in [0.1, 0.15) is 18.4 Å². The first-order chi connectivity index (χ1) is 14.0. The summed E-state index contributed by atoms with van der Waals surface area (Å²) in [4.78, 5) is 29.5. The fourth-order valence-corrected chi connectivity index (χ4v) is 3.10. The van der Waals surface area contributed by atoms with Gasteiger partial charge in [0.05, 0.1) is 0 Å². The molecule has 10 heteroatoms. The number of hydroxylamine groups is 1. The highest BCUT2D eigenvalue weighted by molar-refractivity contribution is 6.30. The lowest BCUT2D eigenvalue weighted by Gasteiger charge is -2.32. The van der Waals surface area contributed by atoms with Gasteiger partial charge in [-0.15, -0.1) is 12.4 Å². The van der Waals surface area contributed by atoms with Crippen molar-refractivity contribution in [2.24, 2.45) is 0 Å². The summed E-state index contributed by atoms with van der Waals surface area (Å²) < 4.78 is 0. The quantitative estimate of drug-likeness (QED) is 0.314. The highest BCUT2D eigenvalue weighted by Gasteiger charge is 2.23. The largest absolute Gasteiger partial charge is 0.367 e. The number of rotatable bonds is 5. The lowest BCUT2D eigenvalue weighted by molar-refractivity contribution is -0.124. The summed E-state index contributed by atoms with van der Waals surface area (Å²) in [6.45, 7) is 1.29. The third-order valence-corrected chi connectivity index (χ3v) is 4.81. The van der Waals surface area contributed by atoms with Crippen LogP contribution in [0.25, 0.3) is 6.08 Å². The van der Waals surface area contributed by atoms with E-state index in [-0.39, 0.29) is 24.5 Å². The van der Waals surface area contributed by atoms with Gasteiger partial charge in [0, 0.05) is 42.1 Å². The minimum atomic E-state index is -0.598. The summed E-state index contributed by atoms with van der Waals surface area (Å²) in [5, 5.41) is 15.3. The molecule has 30 heavy (non-hydrogen) atoms. The summed E-state index contributed by atoms with van der Waals surface area (Å²) in [6.07, 6.45) is 6.04. The van der Waals surface area contributed by atoms with Crippen molar-refractivity contribution in [3.63, 3.8) is 0 Å². The van der Waals surface area contributed by atoms with Gasteiger partial charge >= 0.3 is 6.03 Å². The van der Waals surface area contributed by atoms with Crippen LogP contribution in [0.3, 0.4) is 0 Å². The summed E-state index contributed by atoms with van der Waals surface area (Å²) >= 11 is 5.86. The number of nitrogens with one attached hydrogen (secondary N) is 3. The van der Waals surface area contributed by atoms with Crippen LogP contribution >= 0.6 is 24.0 Å². The Hall–Kier alpha value is -2.81. The van der Waals surface area contributed by atoms with Gasteiger partial charge in [-0.2, -0.15) is 0 Å². The van der Waals surface area contributed by atoms with E-state index in [4.69, 9.17) is 16.8 Å². The molecule has 0 unspecified atom stereocenters. The molecule has 4 N–H and O–H groups in total. The Bertz CT molecular complexity index is 867. The zero-order valence-corrected chi connectivity index (χ0v) is 17.6. The predicted octanol–water partition coefficient (Wildman–Crippen LogP) is 3.78. The summed E-state index contributed by atoms with van der Waals surface area (Å²) in [7, 11) is 0. The second-order valence-corrected chi connectivity index (χ2v) is 7.07. The van der Waals surface area contributed by atoms with Crippen molar-refractivity contribution < 1.29 is 14.8 Å². The molecule has 160 valence electrons. The zero-order valence-electron chi connectivity index (χ0n) is 16.0. The molecule has 1 aliphatic rings. The molecule has 8 nitrogen and oxygen atoms in total. The number of carbonyl (C=O) groups is 2. The van der Waals surface area contributed by atoms with E-state index in [9.17, 15) is 9.59 Å². The van der Waals surface area contributed by atoms with Gasteiger partial charge in [0.15, 0.2) is 0 Å². The number of benzene rings is 1. The maximum Gasteiger partial charge on any atom is 0.321 e. The molecule has 1 aromatic heterocycles. The maximum atomic E-state index is 12.4. The number of pyridine rings is 1. The molecule has 1 aliphatic heterocycles. The van der Waals surface area contributed by atoms with Gasteiger partial charge in [0.25, 0.3) is 5.91 Å². The first kappa shape index (κ1) is 23.5. The van der Waals surface area contributed by atoms with Crippen LogP contribution in [0.5, 0.6) is 0 Å². The average Bonchev–Trinajstić information content (AvgIpc) is 2.75. The second-order valence-electron chi connectivity index (χ2n) is 6.63. The van der Waals surface area contributed by atoms with E-state index >= 15 is 0 Å². The molecule has 0 spiro atoms. The van der Waals surface area contributed by atoms with Crippen LogP contribution in [0.4, 0.5) is 16.3 Å². The van der Waals surface area contributed by atoms with Crippen molar-refractivity contribution in [3.8, 4) is 0 Å². The number of piperidine rings is 1. The van der Waals surface area contributed by atoms with Crippen LogP contribution in [0, 0.1) is 0 Å². The van der Waals surface area contributed by atoms with Crippen LogP contribution in [-0.2, 0) is 4.79 Å². The summed E-state index contributed by atoms with van der Waals surface area (Å²) in [5.41, 5.74) is 2.99. The van der Waals surface area contributed by atoms with Crippen LogP contribution in [-0.4, -0.2) is 46.2 Å². The van der Waals surface area contributed by atoms with Gasteiger partial charge in [-0.1, -0.05) is 11.6 Å². The molecule has 0 saturated carbocycles. The van der Waals surface area contributed by atoms with Crippen LogP contribution in [0.2, 0.25) is 5.02 Å². The number of nitrogens with zero attached hydrogens (tertiary/aromatic N) is 2. The number of hydrogen-bond acceptors (Lipinski definition) is 5. The topological polar surface area (TPSA) is 107 Å². The number of aromatic nitrogens is 1. The number of halogens is 2. The third kappa shape index (κ3) is 6.91. The monoisotopic (exact) mass is 451 g/mol. The molecule has 1 aromatic carbocycles. The first-order valence-electron chi connectivity index (χ1n) is 9.20. The molecule has 0 bridgehead atoms. The Morgan fingerprint density at radius 2 is 1.83 bits per heavy atom. The fraction of sp³-hybridized carbons (Fsp3) is 0.250. The number of carbonyl (C=O) groups excluding carboxylic acids is 2. The highest BCUT2D eigenvalue weighted by atomic mass is 35.5. The SMILES string of the molecule is Cl.O=C(/C=C/c1ccc(NC2CCN(C(=O)Nc3ccc(Cl)cc3)CC2)nc1)NO. The lowest BCUT2D eigenvalue weighted by Crippen LogP contribution is -2.44. The predicted molar refractivity (Wildman–Crippen MR) is 119 cm³/mol. The van der Waals surface area contributed by atoms with Gasteiger partial charge in [0.2, 0.25) is 0 Å². The van der Waals surface area contributed by atoms with Gasteiger partial charge in [-0.3, -0.25) is 10.0 Å². The van der Waals surface area contributed by atoms with Gasteiger partial charge in [-0.25, -0.2) is 15.3 Å². The number of amides is 3. The Kier molecular flexibility index (Phi) is 8.91. The number of likely N-dealkylation sites (tertiary alicyclic amines) is 1. The molecule has 3 amide bonds. The maximum absolute atomic E-state index is 12.4. The van der Waals surface area contributed by atoms with Crippen molar-refractivity contribution in [2.45, 2.75) is 18.9 Å². The van der Waals surface area contributed by atoms with E-state index in [1.54, 1.807) is 41.4 Å². The van der Waals surface area contributed by atoms with E-state index in [1.807, 2.05) is 12.1 Å². The van der Waals surface area contributed by atoms with Gasteiger partial charge < -0.3 is 15.5 Å². The summed E-state index contributed by atoms with van der Waals surface area (Å²) in [5.74, 6) is 0.136. The molecule has 1 saturated heterocycles. The number of hydrogen-bond donors (Lipinski definition) is 4. The molecule has 2 heterocycles. The Morgan fingerprint density at radius 3 is 2.43 bits per heavy atom. The minimum absolute atomic E-state index is 0. The fourth-order valence-electron chi connectivity index (χ4n) is 2.97. The smallest absolute Gasteiger partial charge is 0.321 e. The normalized spacial score (nSPS) is 14.1. The van der Waals surface area contributed by atoms with E-state index in [1.165, 1.54) is 11.6 Å². The van der Waals surface area contributed by atoms with Crippen molar-refractivity contribution in [3.05, 3.63) is 59.3 Å². The van der Waals surface area contributed by atoms with E-state index in [0.29, 0.717) is 18.1 Å². The van der Waals surface area contributed by atoms with Gasteiger partial charge in [0.1, 0.15) is 5.82 Å². The van der Waals surface area contributed by atoms with Crippen LogP contribution in [0.15, 0.2) is 48.7 Å². The Labute approximate surface area is 185 Å². The van der Waals surface area contributed by atoms with E-state index in [2.05, 4.69) is 15.6 Å². The van der Waals surface area contributed by atoms with Crippen molar-refractivity contribution in [2.75, 3.05) is 23.7 Å². The molecule has 1 fully saturated rings. The standard InChI is InChI=1S/C20H22ClN5O3.ClH/c21-15-3-5-16(6-4-15)24-20(28)26-11-9-17(10-12-26)23-18-7-1-14(13-22-18)2-8-19(27)25-29;/h1-8,13,17,29H,9-12H2,(H,22,23)(H,24,28)(H,25,27);1H/b8-2+;. The summed E-state index contributed by atoms with van der Waals surface area (Å²) in [6, 6.07) is 10.8. The molecular weight excluding hydrogens is 429 g/mol. The Balaban J connectivity index is 0.00000320. The molecule has 3 rings (SSSR count). The molecular formula is C20H23Cl2N5O3. The molecule has 0 aliphatic carbocycles. The molecule has 0 atom stereocenters. The van der Waals surface area contributed by atoms with E-state index in [0.717, 1.165) is 29.9 Å². The average molecular weight is 452 g/mol. The molecule has 0 radical (unpaired) electrons. The Morgan fingerprint density at radius 1 is 1.13 bits per heavy atom. The number of urea groups is 1. The van der Waals surface area contributed by atoms with Crippen LogP contribution < -0.4 is 16.1 Å². The molecule has 2 aromatic rings. The lowest BCUT2D eigenvalue weighted by atomic mass is 10.1. The van der Waals surface area contributed by atoms with Gasteiger partial charge in [-0.05, 0) is 60.9 Å². The van der Waals surface area contributed by atoms with E-state index < -0.39 is 5.91 Å². The number of anilines is 2. The first-order valence-corrected chi connectivity index (χ1v) is 9.57. The third-order valence-electron chi connectivity index (χ3n) is 4.55. The van der Waals surface area contributed by atoms with Crippen molar-refractivity contribution in [1.82, 2.24) is 15.4 Å². The van der Waals surface area contributed by atoms with Crippen molar-refractivity contribution in [1.29, 1.82) is 0 Å². The zero-order chi connectivity index (χ0) is 20.6. The minimum Gasteiger partial charge on any atom is -0.367 e. The van der Waals surface area contributed by atoms with Crippen molar-refractivity contribution >= 4 is 53.5 Å². The second kappa shape index (κ2) is 11.4. The highest BCUT2D eigenvalue weighted by Crippen LogP contribution is 2.18.